The van der Waals surface area contributed by atoms with Gasteiger partial charge in [-0.05, 0) is 105 Å². The lowest BCUT2D eigenvalue weighted by Crippen LogP contribution is -2.32. The van der Waals surface area contributed by atoms with Gasteiger partial charge in [0.25, 0.3) is 0 Å². The van der Waals surface area contributed by atoms with Gasteiger partial charge in [-0.2, -0.15) is 4.98 Å². The first-order chi connectivity index (χ1) is 20.2. The Morgan fingerprint density at radius 3 is 2.62 bits per heavy atom. The third-order valence-corrected chi connectivity index (χ3v) is 8.57. The molecule has 1 fully saturated rings. The topological polar surface area (TPSA) is 151 Å². The summed E-state index contributed by atoms with van der Waals surface area (Å²) in [5.41, 5.74) is 14.8. The van der Waals surface area contributed by atoms with Crippen molar-refractivity contribution in [2.45, 2.75) is 51.0 Å². The molecule has 1 aliphatic carbocycles. The van der Waals surface area contributed by atoms with E-state index in [9.17, 15) is 4.79 Å². The number of nitrogens with zero attached hydrogens (tertiary/aromatic N) is 2. The molecule has 0 radical (unpaired) electrons. The molecule has 0 aliphatic heterocycles. The summed E-state index contributed by atoms with van der Waals surface area (Å²) in [7, 11) is 0. The van der Waals surface area contributed by atoms with Gasteiger partial charge in [0.05, 0.1) is 16.4 Å². The highest BCUT2D eigenvalue weighted by molar-refractivity contribution is 6.31. The molecule has 0 bridgehead atoms. The number of halogens is 2. The van der Waals surface area contributed by atoms with Gasteiger partial charge in [0, 0.05) is 29.7 Å². The molecule has 1 saturated carbocycles. The van der Waals surface area contributed by atoms with Gasteiger partial charge in [-0.1, -0.05) is 23.7 Å². The standard InChI is InChI=1S/C31H38ClFN8O/c1-18(37-11-2-12-38-30(35)36)20-7-9-24(10-8-20)41-17-23-15-27(39-29(23)40-31(41)42)25-13-22(14-26(32)28(25)33)21-5-3-19(16-34)4-6-21/h7-10,13-15,17-19,21,37H,2-6,11-12,16,34H2,1H3,(H4,35,36,38)(H,39,40,42)/t18-,19?,21?/m0/s1. The van der Waals surface area contributed by atoms with Gasteiger partial charge in [0.2, 0.25) is 0 Å². The predicted octanol–water partition coefficient (Wildman–Crippen LogP) is 4.93. The number of H-pyrrole nitrogens is 1. The Bertz CT molecular complexity index is 1610. The molecular formula is C31H38ClFN8O. The number of aromatic amines is 1. The van der Waals surface area contributed by atoms with E-state index in [0.29, 0.717) is 52.9 Å². The maximum atomic E-state index is 15.3. The van der Waals surface area contributed by atoms with Gasteiger partial charge in [0.1, 0.15) is 5.65 Å². The van der Waals surface area contributed by atoms with Crippen LogP contribution in [-0.2, 0) is 0 Å². The average molecular weight is 593 g/mol. The first-order valence-corrected chi connectivity index (χ1v) is 14.8. The summed E-state index contributed by atoms with van der Waals surface area (Å²) < 4.78 is 16.8. The van der Waals surface area contributed by atoms with Gasteiger partial charge in [-0.3, -0.25) is 9.98 Å². The fraction of sp³-hybridized carbons (Fsp3) is 0.387. The fourth-order valence-electron chi connectivity index (χ4n) is 5.77. The van der Waals surface area contributed by atoms with Crippen LogP contribution >= 0.6 is 11.6 Å². The predicted molar refractivity (Wildman–Crippen MR) is 167 cm³/mol. The van der Waals surface area contributed by atoms with E-state index in [1.165, 1.54) is 4.57 Å². The molecule has 4 aromatic rings. The lowest BCUT2D eigenvalue weighted by atomic mass is 9.78. The molecule has 0 spiro atoms. The first-order valence-electron chi connectivity index (χ1n) is 14.5. The van der Waals surface area contributed by atoms with E-state index in [1.54, 1.807) is 12.3 Å². The Morgan fingerprint density at radius 2 is 1.93 bits per heavy atom. The Labute approximate surface area is 249 Å². The number of nitrogens with two attached hydrogens (primary N) is 2. The van der Waals surface area contributed by atoms with E-state index >= 15 is 4.39 Å². The maximum absolute atomic E-state index is 15.3. The molecule has 0 amide bonds. The Morgan fingerprint density at radius 1 is 1.19 bits per heavy atom. The number of guanidine groups is 1. The highest BCUT2D eigenvalue weighted by Crippen LogP contribution is 2.39. The van der Waals surface area contributed by atoms with E-state index < -0.39 is 11.5 Å². The van der Waals surface area contributed by atoms with Crippen LogP contribution in [-0.4, -0.2) is 40.1 Å². The number of rotatable bonds is 10. The third-order valence-electron chi connectivity index (χ3n) is 8.29. The minimum absolute atomic E-state index is 0.0283. The smallest absolute Gasteiger partial charge is 0.354 e. The molecule has 0 unspecified atom stereocenters. The van der Waals surface area contributed by atoms with E-state index in [2.05, 4.69) is 27.5 Å². The monoisotopic (exact) mass is 592 g/mol. The SMILES string of the molecule is C[C@H](NCCCNC(=N)N)c1ccc(-n2cc3cc(-c4cc(C5CCC(CN)CC5)cc(Cl)c4F)[nH]c3nc2=O)cc1. The zero-order valence-electron chi connectivity index (χ0n) is 23.7. The van der Waals surface area contributed by atoms with E-state index in [4.69, 9.17) is 28.5 Å². The van der Waals surface area contributed by atoms with Crippen LogP contribution in [0.2, 0.25) is 5.02 Å². The van der Waals surface area contributed by atoms with E-state index in [-0.39, 0.29) is 17.0 Å². The molecule has 5 rings (SSSR count). The van der Waals surface area contributed by atoms with Crippen molar-refractivity contribution in [2.24, 2.45) is 17.4 Å². The molecular weight excluding hydrogens is 555 g/mol. The normalized spacial score (nSPS) is 17.8. The minimum atomic E-state index is -0.494. The zero-order valence-corrected chi connectivity index (χ0v) is 24.5. The summed E-state index contributed by atoms with van der Waals surface area (Å²) in [4.78, 5) is 20.4. The van der Waals surface area contributed by atoms with Crippen molar-refractivity contribution in [1.82, 2.24) is 25.2 Å². The van der Waals surface area contributed by atoms with Gasteiger partial charge in [0.15, 0.2) is 11.8 Å². The van der Waals surface area contributed by atoms with Crippen molar-refractivity contribution in [2.75, 3.05) is 19.6 Å². The number of nitrogens with one attached hydrogen (secondary N) is 4. The second kappa shape index (κ2) is 13.1. The van der Waals surface area contributed by atoms with Crippen molar-refractivity contribution in [3.8, 4) is 16.9 Å². The Hall–Kier alpha value is -3.73. The van der Waals surface area contributed by atoms with Crippen molar-refractivity contribution in [3.63, 3.8) is 0 Å². The molecule has 2 aromatic heterocycles. The van der Waals surface area contributed by atoms with Crippen molar-refractivity contribution < 1.29 is 4.39 Å². The van der Waals surface area contributed by atoms with Crippen LogP contribution in [0.4, 0.5) is 4.39 Å². The first kappa shape index (κ1) is 29.8. The summed E-state index contributed by atoms with van der Waals surface area (Å²) in [6, 6.07) is 13.3. The molecule has 42 heavy (non-hydrogen) atoms. The van der Waals surface area contributed by atoms with E-state index in [0.717, 1.165) is 49.8 Å². The van der Waals surface area contributed by atoms with Crippen LogP contribution in [0.1, 0.15) is 62.1 Å². The van der Waals surface area contributed by atoms with E-state index in [1.807, 2.05) is 36.4 Å². The largest absolute Gasteiger partial charge is 0.370 e. The highest BCUT2D eigenvalue weighted by atomic mass is 35.5. The molecule has 222 valence electrons. The molecule has 8 N–H and O–H groups in total. The quantitative estimate of drug-likeness (QED) is 0.0873. The van der Waals surface area contributed by atoms with Crippen LogP contribution in [0.15, 0.2) is 53.5 Å². The zero-order chi connectivity index (χ0) is 29.8. The number of fused-ring (bicyclic) bond motifs is 1. The second-order valence-corrected chi connectivity index (χ2v) is 11.6. The lowest BCUT2D eigenvalue weighted by Gasteiger charge is -2.28. The summed E-state index contributed by atoms with van der Waals surface area (Å²) in [6.45, 7) is 4.17. The van der Waals surface area contributed by atoms with Crippen LogP contribution in [0.3, 0.4) is 0 Å². The number of hydrogen-bond donors (Lipinski definition) is 6. The molecule has 0 saturated heterocycles. The summed E-state index contributed by atoms with van der Waals surface area (Å²) >= 11 is 6.36. The average Bonchev–Trinajstić information content (AvgIpc) is 3.40. The third kappa shape index (κ3) is 6.67. The molecule has 2 aromatic carbocycles. The Balaban J connectivity index is 1.35. The van der Waals surface area contributed by atoms with Crippen LogP contribution in [0.25, 0.3) is 28.0 Å². The summed E-state index contributed by atoms with van der Waals surface area (Å²) in [5, 5.41) is 14.2. The minimum Gasteiger partial charge on any atom is -0.370 e. The van der Waals surface area contributed by atoms with Crippen molar-refractivity contribution in [1.29, 1.82) is 5.41 Å². The van der Waals surface area contributed by atoms with Crippen molar-refractivity contribution >= 4 is 28.6 Å². The number of benzene rings is 2. The van der Waals surface area contributed by atoms with Gasteiger partial charge in [-0.15, -0.1) is 0 Å². The highest BCUT2D eigenvalue weighted by Gasteiger charge is 2.24. The molecule has 1 atom stereocenters. The van der Waals surface area contributed by atoms with Gasteiger partial charge < -0.3 is 27.1 Å². The van der Waals surface area contributed by atoms with Gasteiger partial charge >= 0.3 is 5.69 Å². The number of aromatic nitrogens is 3. The van der Waals surface area contributed by atoms with Crippen molar-refractivity contribution in [3.05, 3.63) is 81.1 Å². The molecule has 1 aliphatic rings. The van der Waals surface area contributed by atoms with Crippen LogP contribution in [0.5, 0.6) is 0 Å². The lowest BCUT2D eigenvalue weighted by molar-refractivity contribution is 0.332. The molecule has 11 heteroatoms. The molecule has 2 heterocycles. The molecule has 9 nitrogen and oxygen atoms in total. The van der Waals surface area contributed by atoms with Crippen LogP contribution in [0, 0.1) is 17.1 Å². The summed E-state index contributed by atoms with van der Waals surface area (Å²) in [6.07, 6.45) is 6.68. The number of hydrogen-bond acceptors (Lipinski definition) is 5. The van der Waals surface area contributed by atoms with Crippen LogP contribution < -0.4 is 27.8 Å². The second-order valence-electron chi connectivity index (χ2n) is 11.2. The Kier molecular flexibility index (Phi) is 9.25. The fourth-order valence-corrected chi connectivity index (χ4v) is 6.00. The maximum Gasteiger partial charge on any atom is 0.354 e. The summed E-state index contributed by atoms with van der Waals surface area (Å²) in [5.74, 6) is 0.339. The van der Waals surface area contributed by atoms with Gasteiger partial charge in [-0.25, -0.2) is 9.18 Å².